The van der Waals surface area contributed by atoms with Gasteiger partial charge in [-0.2, -0.15) is 0 Å². The normalized spacial score (nSPS) is 30.6. The van der Waals surface area contributed by atoms with Crippen molar-refractivity contribution in [2.75, 3.05) is 19.6 Å². The van der Waals surface area contributed by atoms with Crippen LogP contribution in [0.5, 0.6) is 5.75 Å². The second-order valence-corrected chi connectivity index (χ2v) is 9.38. The molecular formula is C24H37NO2. The summed E-state index contributed by atoms with van der Waals surface area (Å²) < 4.78 is 4.91. The predicted molar refractivity (Wildman–Crippen MR) is 111 cm³/mol. The van der Waals surface area contributed by atoms with E-state index in [9.17, 15) is 4.79 Å². The van der Waals surface area contributed by atoms with Gasteiger partial charge in [0.25, 0.3) is 6.47 Å². The zero-order chi connectivity index (χ0) is 19.3. The number of benzene rings is 1. The summed E-state index contributed by atoms with van der Waals surface area (Å²) in [6, 6.07) is 8.08. The first kappa shape index (κ1) is 20.4. The van der Waals surface area contributed by atoms with Crippen LogP contribution in [-0.2, 0) is 4.79 Å². The molecule has 1 aromatic carbocycles. The van der Waals surface area contributed by atoms with Crippen LogP contribution in [0.1, 0.15) is 77.2 Å². The Balaban J connectivity index is 1.57. The Hall–Kier alpha value is -1.35. The van der Waals surface area contributed by atoms with Crippen molar-refractivity contribution in [3.8, 4) is 5.75 Å². The Labute approximate surface area is 165 Å². The van der Waals surface area contributed by atoms with Crippen LogP contribution in [0.3, 0.4) is 0 Å². The molecular weight excluding hydrogens is 334 g/mol. The maximum atomic E-state index is 10.4. The zero-order valence-electron chi connectivity index (χ0n) is 17.5. The van der Waals surface area contributed by atoms with Gasteiger partial charge in [-0.25, -0.2) is 0 Å². The van der Waals surface area contributed by atoms with Crippen molar-refractivity contribution in [2.24, 2.45) is 17.3 Å². The number of piperidine rings is 1. The highest BCUT2D eigenvalue weighted by Crippen LogP contribution is 2.44. The van der Waals surface area contributed by atoms with Gasteiger partial charge in [0.15, 0.2) is 0 Å². The molecule has 0 N–H and O–H groups in total. The fourth-order valence-electron chi connectivity index (χ4n) is 5.64. The number of carbonyl (C=O) groups is 1. The minimum atomic E-state index is 0.492. The molecule has 2 aliphatic rings. The van der Waals surface area contributed by atoms with E-state index in [1.807, 2.05) is 12.1 Å². The molecule has 150 valence electrons. The summed E-state index contributed by atoms with van der Waals surface area (Å²) in [5, 5.41) is 0. The topological polar surface area (TPSA) is 29.5 Å². The number of hydrogen-bond acceptors (Lipinski definition) is 3. The quantitative estimate of drug-likeness (QED) is 0.478. The van der Waals surface area contributed by atoms with Crippen LogP contribution >= 0.6 is 0 Å². The molecule has 0 spiro atoms. The Morgan fingerprint density at radius 3 is 2.15 bits per heavy atom. The summed E-state index contributed by atoms with van der Waals surface area (Å²) >= 11 is 0. The number of hydrogen-bond donors (Lipinski definition) is 0. The second-order valence-electron chi connectivity index (χ2n) is 9.38. The van der Waals surface area contributed by atoms with E-state index in [4.69, 9.17) is 4.74 Å². The third kappa shape index (κ3) is 5.34. The van der Waals surface area contributed by atoms with Crippen molar-refractivity contribution in [1.82, 2.24) is 4.90 Å². The van der Waals surface area contributed by atoms with Gasteiger partial charge in [-0.05, 0) is 86.1 Å². The van der Waals surface area contributed by atoms with Crippen molar-refractivity contribution in [3.05, 3.63) is 29.8 Å². The number of rotatable bonds is 6. The monoisotopic (exact) mass is 371 g/mol. The van der Waals surface area contributed by atoms with E-state index in [1.165, 1.54) is 70.1 Å². The molecule has 0 amide bonds. The Bertz CT molecular complexity index is 577. The van der Waals surface area contributed by atoms with Crippen molar-refractivity contribution in [1.29, 1.82) is 0 Å². The molecule has 2 atom stereocenters. The van der Waals surface area contributed by atoms with Gasteiger partial charge in [0.2, 0.25) is 0 Å². The molecule has 3 heteroatoms. The van der Waals surface area contributed by atoms with Crippen LogP contribution in [0.25, 0.3) is 0 Å². The molecule has 3 nitrogen and oxygen atoms in total. The van der Waals surface area contributed by atoms with Gasteiger partial charge in [-0.3, -0.25) is 4.79 Å². The highest BCUT2D eigenvalue weighted by Gasteiger charge is 2.36. The Kier molecular flexibility index (Phi) is 6.97. The van der Waals surface area contributed by atoms with E-state index in [-0.39, 0.29) is 0 Å². The third-order valence-electron chi connectivity index (χ3n) is 7.15. The van der Waals surface area contributed by atoms with Crippen LogP contribution in [0.4, 0.5) is 0 Å². The number of likely N-dealkylation sites (tertiary alicyclic amines) is 1. The summed E-state index contributed by atoms with van der Waals surface area (Å²) in [6.07, 6.45) is 9.43. The minimum Gasteiger partial charge on any atom is -0.429 e. The summed E-state index contributed by atoms with van der Waals surface area (Å²) in [4.78, 5) is 13.2. The van der Waals surface area contributed by atoms with Crippen molar-refractivity contribution in [3.63, 3.8) is 0 Å². The summed E-state index contributed by atoms with van der Waals surface area (Å²) in [5.41, 5.74) is 1.91. The smallest absolute Gasteiger partial charge is 0.298 e. The largest absolute Gasteiger partial charge is 0.429 e. The molecule has 0 bridgehead atoms. The molecule has 3 rings (SSSR count). The minimum absolute atomic E-state index is 0.492. The molecule has 2 unspecified atom stereocenters. The number of nitrogens with zero attached hydrogens (tertiary/aromatic N) is 1. The van der Waals surface area contributed by atoms with Gasteiger partial charge in [-0.1, -0.05) is 45.7 Å². The van der Waals surface area contributed by atoms with Crippen LogP contribution in [0.2, 0.25) is 0 Å². The fraction of sp³-hybridized carbons (Fsp3) is 0.708. The van der Waals surface area contributed by atoms with Gasteiger partial charge in [0, 0.05) is 6.54 Å². The van der Waals surface area contributed by atoms with E-state index >= 15 is 0 Å². The van der Waals surface area contributed by atoms with Crippen LogP contribution < -0.4 is 4.74 Å². The molecule has 1 heterocycles. The first-order chi connectivity index (χ1) is 13.0. The maximum Gasteiger partial charge on any atom is 0.298 e. The zero-order valence-corrected chi connectivity index (χ0v) is 17.5. The molecule has 1 aliphatic carbocycles. The van der Waals surface area contributed by atoms with Gasteiger partial charge in [0.1, 0.15) is 5.75 Å². The van der Waals surface area contributed by atoms with Crippen LogP contribution in [0, 0.1) is 17.3 Å². The second kappa shape index (κ2) is 9.23. The van der Waals surface area contributed by atoms with E-state index in [1.54, 1.807) is 0 Å². The van der Waals surface area contributed by atoms with E-state index in [2.05, 4.69) is 37.8 Å². The lowest BCUT2D eigenvalue weighted by molar-refractivity contribution is -0.120. The van der Waals surface area contributed by atoms with Gasteiger partial charge < -0.3 is 9.64 Å². The van der Waals surface area contributed by atoms with Gasteiger partial charge in [0.05, 0.1) is 0 Å². The molecule has 1 saturated heterocycles. The molecule has 1 aliphatic heterocycles. The third-order valence-corrected chi connectivity index (χ3v) is 7.15. The fourth-order valence-corrected chi connectivity index (χ4v) is 5.64. The molecule has 0 aromatic heterocycles. The number of ether oxygens (including phenoxy) is 1. The standard InChI is InChI=1S/C24H37NO2/c1-4-24(15-19(2)5-6-20(3)16-24)17-25-13-11-22(12-14-25)21-7-9-23(10-8-21)27-18-26/h7-10,18-20,22H,4-6,11-17H2,1-3H3. The van der Waals surface area contributed by atoms with Crippen LogP contribution in [0.15, 0.2) is 24.3 Å². The lowest BCUT2D eigenvalue weighted by atomic mass is 9.73. The van der Waals surface area contributed by atoms with E-state index in [0.717, 1.165) is 11.8 Å². The predicted octanol–water partition coefficient (Wildman–Crippen LogP) is 5.64. The highest BCUT2D eigenvalue weighted by atomic mass is 16.5. The molecule has 1 aromatic rings. The van der Waals surface area contributed by atoms with E-state index in [0.29, 0.717) is 23.6 Å². The van der Waals surface area contributed by atoms with Crippen molar-refractivity contribution < 1.29 is 9.53 Å². The summed E-state index contributed by atoms with van der Waals surface area (Å²) in [6.45, 7) is 11.5. The average molecular weight is 372 g/mol. The lowest BCUT2D eigenvalue weighted by Crippen LogP contribution is -2.42. The summed E-state index contributed by atoms with van der Waals surface area (Å²) in [5.74, 6) is 3.02. The van der Waals surface area contributed by atoms with Gasteiger partial charge in [-0.15, -0.1) is 0 Å². The summed E-state index contributed by atoms with van der Waals surface area (Å²) in [7, 11) is 0. The Morgan fingerprint density at radius 1 is 1.04 bits per heavy atom. The van der Waals surface area contributed by atoms with Gasteiger partial charge >= 0.3 is 0 Å². The highest BCUT2D eigenvalue weighted by molar-refractivity contribution is 5.45. The van der Waals surface area contributed by atoms with Crippen molar-refractivity contribution in [2.45, 2.75) is 71.6 Å². The molecule has 1 saturated carbocycles. The van der Waals surface area contributed by atoms with Crippen molar-refractivity contribution >= 4 is 6.47 Å². The first-order valence-electron chi connectivity index (χ1n) is 11.0. The number of carbonyl (C=O) groups excluding carboxylic acids is 1. The molecule has 27 heavy (non-hydrogen) atoms. The lowest BCUT2D eigenvalue weighted by Gasteiger charge is -2.42. The van der Waals surface area contributed by atoms with Crippen LogP contribution in [-0.4, -0.2) is 31.0 Å². The maximum absolute atomic E-state index is 10.4. The Morgan fingerprint density at radius 2 is 1.63 bits per heavy atom. The average Bonchev–Trinajstić information content (AvgIpc) is 2.82. The molecule has 2 fully saturated rings. The first-order valence-corrected chi connectivity index (χ1v) is 11.0. The SMILES string of the molecule is CCC1(CN2CCC(c3ccc(OC=O)cc3)CC2)CC(C)CCC(C)C1. The molecule has 0 radical (unpaired) electrons. The van der Waals surface area contributed by atoms with E-state index < -0.39 is 0 Å².